The van der Waals surface area contributed by atoms with E-state index < -0.39 is 0 Å². The number of amides is 1. The van der Waals surface area contributed by atoms with E-state index >= 15 is 0 Å². The Morgan fingerprint density at radius 3 is 2.17 bits per heavy atom. The SMILES string of the molecule is CCC(CC)(CC)NC(=O)C1(C(C)C)CCNC1. The van der Waals surface area contributed by atoms with E-state index in [0.29, 0.717) is 5.92 Å². The van der Waals surface area contributed by atoms with Crippen molar-refractivity contribution in [2.75, 3.05) is 13.1 Å². The summed E-state index contributed by atoms with van der Waals surface area (Å²) in [5.74, 6) is 0.642. The van der Waals surface area contributed by atoms with Crippen LogP contribution in [0.3, 0.4) is 0 Å². The van der Waals surface area contributed by atoms with Crippen molar-refractivity contribution in [3.05, 3.63) is 0 Å². The summed E-state index contributed by atoms with van der Waals surface area (Å²) in [6, 6.07) is 0. The molecule has 1 saturated heterocycles. The fourth-order valence-corrected chi connectivity index (χ4v) is 3.04. The van der Waals surface area contributed by atoms with Gasteiger partial charge in [-0.3, -0.25) is 4.79 Å². The first-order valence-electron chi connectivity index (χ1n) is 7.49. The molecule has 0 aromatic rings. The molecule has 0 saturated carbocycles. The lowest BCUT2D eigenvalue weighted by atomic mass is 9.74. The van der Waals surface area contributed by atoms with Crippen LogP contribution in [0.4, 0.5) is 0 Å². The molecule has 0 spiro atoms. The van der Waals surface area contributed by atoms with Gasteiger partial charge in [-0.05, 0) is 38.1 Å². The molecule has 0 aromatic heterocycles. The van der Waals surface area contributed by atoms with Crippen LogP contribution >= 0.6 is 0 Å². The Hall–Kier alpha value is -0.570. The molecule has 1 unspecified atom stereocenters. The molecule has 106 valence electrons. The predicted octanol–water partition coefficient (Wildman–Crippen LogP) is 2.71. The number of rotatable bonds is 6. The van der Waals surface area contributed by atoms with Gasteiger partial charge in [0.05, 0.1) is 5.41 Å². The molecule has 2 N–H and O–H groups in total. The summed E-state index contributed by atoms with van der Waals surface area (Å²) >= 11 is 0. The Morgan fingerprint density at radius 2 is 1.83 bits per heavy atom. The minimum absolute atomic E-state index is 0.0123. The molecule has 0 radical (unpaired) electrons. The van der Waals surface area contributed by atoms with Gasteiger partial charge in [-0.1, -0.05) is 34.6 Å². The van der Waals surface area contributed by atoms with E-state index in [1.807, 2.05) is 0 Å². The predicted molar refractivity (Wildman–Crippen MR) is 76.5 cm³/mol. The third-order valence-electron chi connectivity index (χ3n) is 5.15. The average Bonchev–Trinajstić information content (AvgIpc) is 2.86. The first-order chi connectivity index (χ1) is 8.46. The molecular formula is C15H30N2O. The van der Waals surface area contributed by atoms with Crippen molar-refractivity contribution in [2.45, 2.75) is 65.8 Å². The highest BCUT2D eigenvalue weighted by Gasteiger charge is 2.45. The summed E-state index contributed by atoms with van der Waals surface area (Å²) in [6.07, 6.45) is 3.98. The van der Waals surface area contributed by atoms with Crippen LogP contribution < -0.4 is 10.6 Å². The molecule has 1 amide bonds. The minimum atomic E-state index is -0.204. The Morgan fingerprint density at radius 1 is 1.28 bits per heavy atom. The van der Waals surface area contributed by atoms with Crippen LogP contribution in [0.5, 0.6) is 0 Å². The van der Waals surface area contributed by atoms with Gasteiger partial charge in [-0.15, -0.1) is 0 Å². The molecule has 1 aliphatic heterocycles. The maximum absolute atomic E-state index is 12.7. The van der Waals surface area contributed by atoms with Gasteiger partial charge in [0.1, 0.15) is 0 Å². The fourth-order valence-electron chi connectivity index (χ4n) is 3.04. The molecular weight excluding hydrogens is 224 g/mol. The zero-order valence-electron chi connectivity index (χ0n) is 12.7. The van der Waals surface area contributed by atoms with Crippen molar-refractivity contribution in [1.82, 2.24) is 10.6 Å². The van der Waals surface area contributed by atoms with Crippen LogP contribution in [0.25, 0.3) is 0 Å². The molecule has 1 atom stereocenters. The highest BCUT2D eigenvalue weighted by molar-refractivity contribution is 5.84. The van der Waals surface area contributed by atoms with Gasteiger partial charge in [0.2, 0.25) is 5.91 Å². The van der Waals surface area contributed by atoms with Crippen LogP contribution in [0.2, 0.25) is 0 Å². The molecule has 3 nitrogen and oxygen atoms in total. The molecule has 1 rings (SSSR count). The van der Waals surface area contributed by atoms with Crippen LogP contribution in [0.15, 0.2) is 0 Å². The van der Waals surface area contributed by atoms with Crippen molar-refractivity contribution in [1.29, 1.82) is 0 Å². The first kappa shape index (κ1) is 15.5. The zero-order valence-corrected chi connectivity index (χ0v) is 12.7. The van der Waals surface area contributed by atoms with Crippen molar-refractivity contribution >= 4 is 5.91 Å². The van der Waals surface area contributed by atoms with E-state index in [1.54, 1.807) is 0 Å². The second kappa shape index (κ2) is 6.05. The lowest BCUT2D eigenvalue weighted by molar-refractivity contribution is -0.134. The van der Waals surface area contributed by atoms with Gasteiger partial charge >= 0.3 is 0 Å². The van der Waals surface area contributed by atoms with Crippen molar-refractivity contribution in [3.63, 3.8) is 0 Å². The lowest BCUT2D eigenvalue weighted by Gasteiger charge is -2.38. The second-order valence-corrected chi connectivity index (χ2v) is 6.03. The van der Waals surface area contributed by atoms with Gasteiger partial charge in [-0.2, -0.15) is 0 Å². The highest BCUT2D eigenvalue weighted by Crippen LogP contribution is 2.35. The van der Waals surface area contributed by atoms with E-state index in [-0.39, 0.29) is 16.9 Å². The number of carbonyl (C=O) groups is 1. The third-order valence-corrected chi connectivity index (χ3v) is 5.15. The number of hydrogen-bond acceptors (Lipinski definition) is 2. The average molecular weight is 254 g/mol. The Bertz CT molecular complexity index is 268. The molecule has 18 heavy (non-hydrogen) atoms. The molecule has 0 bridgehead atoms. The molecule has 0 aromatic carbocycles. The highest BCUT2D eigenvalue weighted by atomic mass is 16.2. The zero-order chi connectivity index (χ0) is 13.8. The Kier molecular flexibility index (Phi) is 5.20. The third kappa shape index (κ3) is 2.71. The summed E-state index contributed by atoms with van der Waals surface area (Å²) in [5.41, 5.74) is -0.216. The monoisotopic (exact) mass is 254 g/mol. The van der Waals surface area contributed by atoms with Gasteiger partial charge in [-0.25, -0.2) is 0 Å². The van der Waals surface area contributed by atoms with Gasteiger partial charge in [0.25, 0.3) is 0 Å². The molecule has 1 aliphatic rings. The van der Waals surface area contributed by atoms with Gasteiger partial charge < -0.3 is 10.6 Å². The van der Waals surface area contributed by atoms with E-state index in [0.717, 1.165) is 38.8 Å². The van der Waals surface area contributed by atoms with Crippen LogP contribution in [0.1, 0.15) is 60.3 Å². The summed E-state index contributed by atoms with van der Waals surface area (Å²) in [5, 5.41) is 6.72. The van der Waals surface area contributed by atoms with Gasteiger partial charge in [0, 0.05) is 12.1 Å². The standard InChI is InChI=1S/C15H30N2O/c1-6-14(7-2,8-3)17-13(18)15(12(4)5)9-10-16-11-15/h12,16H,6-11H2,1-5H3,(H,17,18). The number of hydrogen-bond donors (Lipinski definition) is 2. The molecule has 0 aliphatic carbocycles. The maximum atomic E-state index is 12.7. The van der Waals surface area contributed by atoms with Crippen molar-refractivity contribution < 1.29 is 4.79 Å². The topological polar surface area (TPSA) is 41.1 Å². The van der Waals surface area contributed by atoms with Crippen molar-refractivity contribution in [3.8, 4) is 0 Å². The Labute approximate surface area is 112 Å². The maximum Gasteiger partial charge on any atom is 0.228 e. The number of carbonyl (C=O) groups excluding carboxylic acids is 1. The normalized spacial score (nSPS) is 24.6. The summed E-state index contributed by atoms with van der Waals surface area (Å²) in [6.45, 7) is 12.6. The molecule has 3 heteroatoms. The largest absolute Gasteiger partial charge is 0.350 e. The second-order valence-electron chi connectivity index (χ2n) is 6.03. The van der Waals surface area contributed by atoms with E-state index in [9.17, 15) is 4.79 Å². The van der Waals surface area contributed by atoms with Crippen LogP contribution in [0, 0.1) is 11.3 Å². The molecule has 1 fully saturated rings. The summed E-state index contributed by atoms with van der Waals surface area (Å²) < 4.78 is 0. The van der Waals surface area contributed by atoms with E-state index in [1.165, 1.54) is 0 Å². The van der Waals surface area contributed by atoms with E-state index in [2.05, 4.69) is 45.3 Å². The van der Waals surface area contributed by atoms with E-state index in [4.69, 9.17) is 0 Å². The smallest absolute Gasteiger partial charge is 0.228 e. The number of nitrogens with one attached hydrogen (secondary N) is 2. The van der Waals surface area contributed by atoms with Crippen LogP contribution in [-0.4, -0.2) is 24.5 Å². The Balaban J connectivity index is 2.85. The summed E-state index contributed by atoms with van der Waals surface area (Å²) in [7, 11) is 0. The molecule has 1 heterocycles. The minimum Gasteiger partial charge on any atom is -0.350 e. The quantitative estimate of drug-likeness (QED) is 0.765. The fraction of sp³-hybridized carbons (Fsp3) is 0.933. The first-order valence-corrected chi connectivity index (χ1v) is 7.49. The van der Waals surface area contributed by atoms with Crippen molar-refractivity contribution in [2.24, 2.45) is 11.3 Å². The van der Waals surface area contributed by atoms with Gasteiger partial charge in [0.15, 0.2) is 0 Å². The van der Waals surface area contributed by atoms with Crippen LogP contribution in [-0.2, 0) is 4.79 Å². The summed E-state index contributed by atoms with van der Waals surface area (Å²) in [4.78, 5) is 12.7. The lowest BCUT2D eigenvalue weighted by Crippen LogP contribution is -2.55.